The molecule has 7 heteroatoms. The number of nitrogens with zero attached hydrogens (tertiary/aromatic N) is 1. The van der Waals surface area contributed by atoms with Crippen LogP contribution in [0.4, 0.5) is 4.39 Å². The molecule has 3 N–H and O–H groups in total. The van der Waals surface area contributed by atoms with Gasteiger partial charge in [0.05, 0.1) is 0 Å². The number of rotatable bonds is 6. The van der Waals surface area contributed by atoms with Crippen LogP contribution in [0.2, 0.25) is 0 Å². The number of carbonyl (C=O) groups is 1. The number of aliphatic imine (C=N–C) groups is 1. The van der Waals surface area contributed by atoms with E-state index in [2.05, 4.69) is 20.9 Å². The SMILES string of the molecule is CN=C(NCCc1ccc(F)cc1)NCc1ccc(C(=O)NC)cc1.I. The number of amides is 1. The molecule has 26 heavy (non-hydrogen) atoms. The van der Waals surface area contributed by atoms with Crippen molar-refractivity contribution in [1.82, 2.24) is 16.0 Å². The second kappa shape index (κ2) is 11.5. The van der Waals surface area contributed by atoms with Gasteiger partial charge < -0.3 is 16.0 Å². The zero-order valence-corrected chi connectivity index (χ0v) is 17.2. The van der Waals surface area contributed by atoms with Crippen molar-refractivity contribution in [1.29, 1.82) is 0 Å². The van der Waals surface area contributed by atoms with E-state index >= 15 is 0 Å². The summed E-state index contributed by atoms with van der Waals surface area (Å²) >= 11 is 0. The van der Waals surface area contributed by atoms with Crippen molar-refractivity contribution in [3.05, 3.63) is 71.0 Å². The first-order valence-electron chi connectivity index (χ1n) is 8.12. The molecule has 5 nitrogen and oxygen atoms in total. The van der Waals surface area contributed by atoms with Gasteiger partial charge in [0.1, 0.15) is 5.82 Å². The predicted octanol–water partition coefficient (Wildman–Crippen LogP) is 2.71. The average molecular weight is 470 g/mol. The molecule has 0 radical (unpaired) electrons. The molecule has 0 saturated carbocycles. The fourth-order valence-corrected chi connectivity index (χ4v) is 2.30. The highest BCUT2D eigenvalue weighted by atomic mass is 127. The molecular weight excluding hydrogens is 446 g/mol. The number of guanidine groups is 1. The molecule has 2 aromatic rings. The van der Waals surface area contributed by atoms with E-state index in [0.717, 1.165) is 17.5 Å². The molecule has 0 aliphatic carbocycles. The van der Waals surface area contributed by atoms with Gasteiger partial charge in [-0.05, 0) is 41.8 Å². The summed E-state index contributed by atoms with van der Waals surface area (Å²) in [6.07, 6.45) is 0.780. The Bertz CT molecular complexity index is 717. The Balaban J connectivity index is 0.00000338. The summed E-state index contributed by atoms with van der Waals surface area (Å²) < 4.78 is 12.9. The van der Waals surface area contributed by atoms with Crippen LogP contribution in [-0.4, -0.2) is 32.5 Å². The first kappa shape index (κ1) is 21.9. The highest BCUT2D eigenvalue weighted by Crippen LogP contribution is 2.04. The van der Waals surface area contributed by atoms with Gasteiger partial charge in [-0.1, -0.05) is 24.3 Å². The summed E-state index contributed by atoms with van der Waals surface area (Å²) in [5.41, 5.74) is 2.75. The Labute approximate surface area is 170 Å². The van der Waals surface area contributed by atoms with E-state index in [0.29, 0.717) is 24.6 Å². The maximum atomic E-state index is 12.9. The van der Waals surface area contributed by atoms with Gasteiger partial charge in [-0.3, -0.25) is 9.79 Å². The summed E-state index contributed by atoms with van der Waals surface area (Å²) in [5.74, 6) is 0.367. The van der Waals surface area contributed by atoms with Gasteiger partial charge in [0, 0.05) is 32.7 Å². The second-order valence-electron chi connectivity index (χ2n) is 5.51. The van der Waals surface area contributed by atoms with E-state index in [1.807, 2.05) is 12.1 Å². The average Bonchev–Trinajstić information content (AvgIpc) is 2.65. The van der Waals surface area contributed by atoms with Gasteiger partial charge >= 0.3 is 0 Å². The van der Waals surface area contributed by atoms with Crippen LogP contribution in [0.1, 0.15) is 21.5 Å². The van der Waals surface area contributed by atoms with Crippen LogP contribution in [0, 0.1) is 5.82 Å². The minimum Gasteiger partial charge on any atom is -0.356 e. The third-order valence-corrected chi connectivity index (χ3v) is 3.75. The maximum Gasteiger partial charge on any atom is 0.251 e. The van der Waals surface area contributed by atoms with E-state index in [-0.39, 0.29) is 35.7 Å². The Hall–Kier alpha value is -2.16. The highest BCUT2D eigenvalue weighted by Gasteiger charge is 2.03. The second-order valence-corrected chi connectivity index (χ2v) is 5.51. The van der Waals surface area contributed by atoms with Gasteiger partial charge in [0.15, 0.2) is 5.96 Å². The fraction of sp³-hybridized carbons (Fsp3) is 0.263. The van der Waals surface area contributed by atoms with Gasteiger partial charge in [-0.25, -0.2) is 4.39 Å². The van der Waals surface area contributed by atoms with Crippen LogP contribution in [0.25, 0.3) is 0 Å². The minimum absolute atomic E-state index is 0. The Morgan fingerprint density at radius 3 is 2.19 bits per heavy atom. The number of hydrogen-bond acceptors (Lipinski definition) is 2. The first-order valence-corrected chi connectivity index (χ1v) is 8.12. The molecule has 0 bridgehead atoms. The normalized spacial score (nSPS) is 10.7. The molecule has 140 valence electrons. The third-order valence-electron chi connectivity index (χ3n) is 3.75. The molecule has 0 atom stereocenters. The molecule has 0 unspecified atom stereocenters. The number of benzene rings is 2. The standard InChI is InChI=1S/C19H23FN4O.HI/c1-21-18(25)16-7-3-15(4-8-16)13-24-19(22-2)23-12-11-14-5-9-17(20)10-6-14;/h3-10H,11-13H2,1-2H3,(H,21,25)(H2,22,23,24);1H. The summed E-state index contributed by atoms with van der Waals surface area (Å²) in [5, 5.41) is 9.04. The van der Waals surface area contributed by atoms with Crippen LogP contribution >= 0.6 is 24.0 Å². The number of carbonyl (C=O) groups excluding carboxylic acids is 1. The molecule has 1 amide bonds. The lowest BCUT2D eigenvalue weighted by Crippen LogP contribution is -2.37. The summed E-state index contributed by atoms with van der Waals surface area (Å²) in [6, 6.07) is 13.9. The van der Waals surface area contributed by atoms with Crippen LogP contribution in [-0.2, 0) is 13.0 Å². The molecule has 0 heterocycles. The molecule has 0 aromatic heterocycles. The van der Waals surface area contributed by atoms with Crippen molar-refractivity contribution in [3.8, 4) is 0 Å². The number of hydrogen-bond donors (Lipinski definition) is 3. The van der Waals surface area contributed by atoms with Gasteiger partial charge in [0.25, 0.3) is 5.91 Å². The van der Waals surface area contributed by atoms with Crippen molar-refractivity contribution in [2.45, 2.75) is 13.0 Å². The van der Waals surface area contributed by atoms with E-state index in [1.165, 1.54) is 12.1 Å². The first-order chi connectivity index (χ1) is 12.1. The van der Waals surface area contributed by atoms with Gasteiger partial charge in [-0.15, -0.1) is 24.0 Å². The summed E-state index contributed by atoms with van der Waals surface area (Å²) in [7, 11) is 3.32. The number of halogens is 2. The van der Waals surface area contributed by atoms with Crippen molar-refractivity contribution >= 4 is 35.8 Å². The smallest absolute Gasteiger partial charge is 0.251 e. The molecule has 2 aromatic carbocycles. The fourth-order valence-electron chi connectivity index (χ4n) is 2.30. The highest BCUT2D eigenvalue weighted by molar-refractivity contribution is 14.0. The molecule has 2 rings (SSSR count). The lowest BCUT2D eigenvalue weighted by atomic mass is 10.1. The molecular formula is C19H24FIN4O. The lowest BCUT2D eigenvalue weighted by Gasteiger charge is -2.12. The number of nitrogens with one attached hydrogen (secondary N) is 3. The van der Waals surface area contributed by atoms with Crippen LogP contribution in [0.15, 0.2) is 53.5 Å². The van der Waals surface area contributed by atoms with E-state index in [1.54, 1.807) is 38.4 Å². The monoisotopic (exact) mass is 470 g/mol. The van der Waals surface area contributed by atoms with Crippen LogP contribution < -0.4 is 16.0 Å². The van der Waals surface area contributed by atoms with E-state index in [4.69, 9.17) is 0 Å². The molecule has 0 saturated heterocycles. The Morgan fingerprint density at radius 2 is 1.62 bits per heavy atom. The topological polar surface area (TPSA) is 65.5 Å². The summed E-state index contributed by atoms with van der Waals surface area (Å²) in [6.45, 7) is 1.30. The van der Waals surface area contributed by atoms with E-state index < -0.39 is 0 Å². The summed E-state index contributed by atoms with van der Waals surface area (Å²) in [4.78, 5) is 15.7. The Kier molecular flexibility index (Phi) is 9.64. The van der Waals surface area contributed by atoms with Crippen molar-refractivity contribution < 1.29 is 9.18 Å². The molecule has 0 fully saturated rings. The lowest BCUT2D eigenvalue weighted by molar-refractivity contribution is 0.0963. The van der Waals surface area contributed by atoms with Crippen LogP contribution in [0.3, 0.4) is 0 Å². The van der Waals surface area contributed by atoms with Gasteiger partial charge in [-0.2, -0.15) is 0 Å². The molecule has 0 aliphatic rings. The third kappa shape index (κ3) is 6.99. The quantitative estimate of drug-likeness (QED) is 0.346. The molecule has 0 aliphatic heterocycles. The van der Waals surface area contributed by atoms with Crippen molar-refractivity contribution in [3.63, 3.8) is 0 Å². The van der Waals surface area contributed by atoms with Crippen LogP contribution in [0.5, 0.6) is 0 Å². The minimum atomic E-state index is -0.225. The van der Waals surface area contributed by atoms with Gasteiger partial charge in [0.2, 0.25) is 0 Å². The molecule has 0 spiro atoms. The zero-order valence-electron chi connectivity index (χ0n) is 14.9. The van der Waals surface area contributed by atoms with E-state index in [9.17, 15) is 9.18 Å². The predicted molar refractivity (Wildman–Crippen MR) is 114 cm³/mol. The Morgan fingerprint density at radius 1 is 1.00 bits per heavy atom. The largest absolute Gasteiger partial charge is 0.356 e. The van der Waals surface area contributed by atoms with Crippen molar-refractivity contribution in [2.24, 2.45) is 4.99 Å². The maximum absolute atomic E-state index is 12.9. The zero-order chi connectivity index (χ0) is 18.1. The van der Waals surface area contributed by atoms with Crippen molar-refractivity contribution in [2.75, 3.05) is 20.6 Å².